The molecule has 126 valence electrons. The second-order valence-electron chi connectivity index (χ2n) is 8.36. The van der Waals surface area contributed by atoms with Crippen LogP contribution in [0.15, 0.2) is 36.5 Å². The monoisotopic (exact) mass is 346 g/mol. The molecule has 0 aliphatic heterocycles. The van der Waals surface area contributed by atoms with E-state index in [2.05, 4.69) is 74.3 Å². The highest BCUT2D eigenvalue weighted by atomic mass is 28.3. The quantitative estimate of drug-likeness (QED) is 0.548. The maximum Gasteiger partial charge on any atom is 0.141 e. The van der Waals surface area contributed by atoms with Crippen molar-refractivity contribution in [3.05, 3.63) is 36.5 Å². The Hall–Kier alpha value is -1.18. The lowest BCUT2D eigenvalue weighted by Gasteiger charge is -2.21. The van der Waals surface area contributed by atoms with Crippen molar-refractivity contribution in [2.75, 3.05) is 6.61 Å². The van der Waals surface area contributed by atoms with Gasteiger partial charge in [0.05, 0.1) is 0 Å². The molecule has 1 aromatic carbocycles. The van der Waals surface area contributed by atoms with E-state index >= 15 is 0 Å². The maximum absolute atomic E-state index is 6.03. The molecule has 0 saturated heterocycles. The number of aromatic nitrogens is 2. The van der Waals surface area contributed by atoms with Crippen molar-refractivity contribution in [2.24, 2.45) is 0 Å². The number of ether oxygens (including phenoxy) is 1. The fraction of sp³-hybridized carbons (Fsp3) is 0.500. The lowest BCUT2D eigenvalue weighted by atomic mass is 10.2. The predicted octanol–water partition coefficient (Wildman–Crippen LogP) is 4.41. The van der Waals surface area contributed by atoms with E-state index in [1.807, 2.05) is 6.07 Å². The Morgan fingerprint density at radius 3 is 2.22 bits per heavy atom. The van der Waals surface area contributed by atoms with Crippen LogP contribution < -0.4 is 5.32 Å². The zero-order chi connectivity index (χ0) is 17.1. The van der Waals surface area contributed by atoms with Crippen molar-refractivity contribution >= 4 is 21.5 Å². The Morgan fingerprint density at radius 2 is 1.65 bits per heavy atom. The first kappa shape index (κ1) is 18.2. The summed E-state index contributed by atoms with van der Waals surface area (Å²) in [6.07, 6.45) is 2.05. The molecule has 0 fully saturated rings. The average Bonchev–Trinajstić information content (AvgIpc) is 2.87. The minimum Gasteiger partial charge on any atom is -0.361 e. The second-order valence-corrected chi connectivity index (χ2v) is 19.0. The number of imidazole rings is 1. The molecule has 1 heterocycles. The molecule has 5 heteroatoms. The van der Waals surface area contributed by atoms with E-state index < -0.39 is 16.1 Å². The third-order valence-corrected chi connectivity index (χ3v) is 7.51. The van der Waals surface area contributed by atoms with Crippen molar-refractivity contribution in [1.82, 2.24) is 9.55 Å². The topological polar surface area (TPSA) is 27.1 Å². The molecule has 0 aliphatic rings. The smallest absolute Gasteiger partial charge is 0.141 e. The summed E-state index contributed by atoms with van der Waals surface area (Å²) in [7, 11) is -2.51. The van der Waals surface area contributed by atoms with Crippen LogP contribution in [-0.2, 0) is 11.5 Å². The Kier molecular flexibility index (Phi) is 5.65. The third-order valence-electron chi connectivity index (χ3n) is 3.87. The number of hydrogen-bond acceptors (Lipinski definition) is 2. The number of rotatable bonds is 7. The van der Waals surface area contributed by atoms with Crippen molar-refractivity contribution in [3.63, 3.8) is 0 Å². The molecule has 1 aromatic heterocycles. The van der Waals surface area contributed by atoms with Crippen molar-refractivity contribution in [1.29, 1.82) is 0 Å². The van der Waals surface area contributed by atoms with Crippen molar-refractivity contribution in [3.8, 4) is 11.4 Å². The molecule has 0 radical (unpaired) electrons. The summed E-state index contributed by atoms with van der Waals surface area (Å²) < 4.78 is 8.32. The zero-order valence-electron chi connectivity index (χ0n) is 15.4. The van der Waals surface area contributed by atoms with Gasteiger partial charge in [0.2, 0.25) is 0 Å². The van der Waals surface area contributed by atoms with Gasteiger partial charge in [-0.1, -0.05) is 69.6 Å². The van der Waals surface area contributed by atoms with Crippen LogP contribution in [0, 0.1) is 0 Å². The summed E-state index contributed by atoms with van der Waals surface area (Å²) in [6.45, 7) is 15.7. The van der Waals surface area contributed by atoms with Crippen LogP contribution in [-0.4, -0.2) is 32.3 Å². The molecule has 0 spiro atoms. The molecule has 0 N–H and O–H groups in total. The molecule has 0 atom stereocenters. The lowest BCUT2D eigenvalue weighted by Crippen LogP contribution is -2.43. The summed E-state index contributed by atoms with van der Waals surface area (Å²) in [5, 5.41) is 1.35. The van der Waals surface area contributed by atoms with Crippen LogP contribution >= 0.6 is 0 Å². The van der Waals surface area contributed by atoms with Crippen LogP contribution in [0.2, 0.25) is 45.3 Å². The van der Waals surface area contributed by atoms with E-state index in [0.717, 1.165) is 18.0 Å². The molecular formula is C18H30N2OSi2. The van der Waals surface area contributed by atoms with Crippen LogP contribution in [0.4, 0.5) is 0 Å². The summed E-state index contributed by atoms with van der Waals surface area (Å²) >= 11 is 0. The fourth-order valence-corrected chi connectivity index (χ4v) is 4.65. The van der Waals surface area contributed by atoms with Crippen LogP contribution in [0.25, 0.3) is 11.4 Å². The highest BCUT2D eigenvalue weighted by molar-refractivity contribution is 6.88. The fourth-order valence-electron chi connectivity index (χ4n) is 2.46. The SMILES string of the molecule is C[Si](C)(C)CCOCn1c([Si](C)(C)C)cnc1-c1ccccc1. The second kappa shape index (κ2) is 7.15. The minimum absolute atomic E-state index is 0.605. The number of benzene rings is 1. The van der Waals surface area contributed by atoms with Crippen molar-refractivity contribution in [2.45, 2.75) is 52.1 Å². The Morgan fingerprint density at radius 1 is 1.00 bits per heavy atom. The first-order valence-electron chi connectivity index (χ1n) is 8.38. The third kappa shape index (κ3) is 5.16. The Balaban J connectivity index is 2.22. The maximum atomic E-state index is 6.03. The van der Waals surface area contributed by atoms with Crippen LogP contribution in [0.5, 0.6) is 0 Å². The summed E-state index contributed by atoms with van der Waals surface area (Å²) in [5.41, 5.74) is 1.16. The van der Waals surface area contributed by atoms with Gasteiger partial charge in [-0.15, -0.1) is 0 Å². The molecule has 0 bridgehead atoms. The largest absolute Gasteiger partial charge is 0.361 e. The van der Waals surface area contributed by atoms with E-state index in [0.29, 0.717) is 6.73 Å². The molecule has 3 nitrogen and oxygen atoms in total. The standard InChI is InChI=1S/C18H30N2OSi2/c1-22(2,3)13-12-21-15-20-17(23(4,5)6)14-19-18(20)16-10-8-7-9-11-16/h7-11,14H,12-13,15H2,1-6H3. The van der Waals surface area contributed by atoms with Gasteiger partial charge in [-0.25, -0.2) is 4.98 Å². The van der Waals surface area contributed by atoms with Gasteiger partial charge in [0, 0.05) is 31.8 Å². The molecule has 2 rings (SSSR count). The van der Waals surface area contributed by atoms with Gasteiger partial charge in [0.25, 0.3) is 0 Å². The highest BCUT2D eigenvalue weighted by Gasteiger charge is 2.24. The molecular weight excluding hydrogens is 316 g/mol. The van der Waals surface area contributed by atoms with E-state index in [4.69, 9.17) is 9.72 Å². The van der Waals surface area contributed by atoms with Gasteiger partial charge in [0.15, 0.2) is 0 Å². The first-order valence-corrected chi connectivity index (χ1v) is 15.6. The molecule has 23 heavy (non-hydrogen) atoms. The van der Waals surface area contributed by atoms with Gasteiger partial charge >= 0.3 is 0 Å². The molecule has 2 aromatic rings. The van der Waals surface area contributed by atoms with E-state index in [9.17, 15) is 0 Å². The van der Waals surface area contributed by atoms with Crippen LogP contribution in [0.1, 0.15) is 0 Å². The normalized spacial score (nSPS) is 12.6. The van der Waals surface area contributed by atoms with Gasteiger partial charge in [-0.2, -0.15) is 0 Å². The Bertz CT molecular complexity index is 625. The van der Waals surface area contributed by atoms with Gasteiger partial charge < -0.3 is 9.30 Å². The van der Waals surface area contributed by atoms with Gasteiger partial charge in [0.1, 0.15) is 20.6 Å². The average molecular weight is 347 g/mol. The minimum atomic E-state index is -1.46. The first-order chi connectivity index (χ1) is 10.7. The highest BCUT2D eigenvalue weighted by Crippen LogP contribution is 2.18. The van der Waals surface area contributed by atoms with E-state index in [1.165, 1.54) is 11.4 Å². The van der Waals surface area contributed by atoms with Crippen LogP contribution in [0.3, 0.4) is 0 Å². The summed E-state index contributed by atoms with van der Waals surface area (Å²) in [4.78, 5) is 4.71. The van der Waals surface area contributed by atoms with Gasteiger partial charge in [-0.05, 0) is 6.04 Å². The summed E-state index contributed by atoms with van der Waals surface area (Å²) in [5.74, 6) is 1.02. The summed E-state index contributed by atoms with van der Waals surface area (Å²) in [6, 6.07) is 11.6. The van der Waals surface area contributed by atoms with Gasteiger partial charge in [-0.3, -0.25) is 0 Å². The van der Waals surface area contributed by atoms with Crippen molar-refractivity contribution < 1.29 is 4.74 Å². The predicted molar refractivity (Wildman–Crippen MR) is 105 cm³/mol. The van der Waals surface area contributed by atoms with E-state index in [-0.39, 0.29) is 0 Å². The molecule has 0 unspecified atom stereocenters. The zero-order valence-corrected chi connectivity index (χ0v) is 17.4. The molecule has 0 aliphatic carbocycles. The Labute approximate surface area is 142 Å². The number of nitrogens with zero attached hydrogens (tertiary/aromatic N) is 2. The molecule has 0 amide bonds. The lowest BCUT2D eigenvalue weighted by molar-refractivity contribution is 0.0900. The molecule has 0 saturated carbocycles. The van der Waals surface area contributed by atoms with E-state index in [1.54, 1.807) is 0 Å². The number of hydrogen-bond donors (Lipinski definition) is 0.